The van der Waals surface area contributed by atoms with E-state index in [1.807, 2.05) is 11.9 Å². The number of hydrogen-bond donors (Lipinski definition) is 0. The molecule has 3 nitrogen and oxygen atoms in total. The van der Waals surface area contributed by atoms with Gasteiger partial charge in [0, 0.05) is 13.6 Å². The molecule has 3 heteroatoms. The van der Waals surface area contributed by atoms with E-state index >= 15 is 0 Å². The molecule has 0 heterocycles. The normalized spacial score (nSPS) is 23.5. The van der Waals surface area contributed by atoms with Crippen molar-refractivity contribution in [2.75, 3.05) is 13.6 Å². The highest BCUT2D eigenvalue weighted by atomic mass is 16.2. The van der Waals surface area contributed by atoms with Gasteiger partial charge in [-0.2, -0.15) is 5.26 Å². The van der Waals surface area contributed by atoms with Crippen LogP contribution < -0.4 is 0 Å². The summed E-state index contributed by atoms with van der Waals surface area (Å²) in [5.74, 6) is 0.741. The number of carbonyl (C=O) groups is 1. The van der Waals surface area contributed by atoms with E-state index in [1.165, 1.54) is 25.7 Å². The first-order valence-electron chi connectivity index (χ1n) is 6.85. The third-order valence-corrected chi connectivity index (χ3v) is 4.43. The van der Waals surface area contributed by atoms with Crippen molar-refractivity contribution in [3.63, 3.8) is 0 Å². The van der Waals surface area contributed by atoms with Crippen molar-refractivity contribution in [1.82, 2.24) is 4.90 Å². The topological polar surface area (TPSA) is 44.1 Å². The number of nitriles is 1. The van der Waals surface area contributed by atoms with Gasteiger partial charge >= 0.3 is 0 Å². The lowest BCUT2D eigenvalue weighted by Crippen LogP contribution is -2.41. The van der Waals surface area contributed by atoms with Crippen LogP contribution in [0.4, 0.5) is 0 Å². The van der Waals surface area contributed by atoms with Crippen molar-refractivity contribution in [3.05, 3.63) is 0 Å². The molecule has 0 aliphatic heterocycles. The molecular weight excluding hydrogens is 212 g/mol. The summed E-state index contributed by atoms with van der Waals surface area (Å²) in [6, 6.07) is 2.29. The molecule has 0 N–H and O–H groups in total. The molecule has 17 heavy (non-hydrogen) atoms. The maximum Gasteiger partial charge on any atom is 0.242 e. The molecule has 0 aromatic heterocycles. The van der Waals surface area contributed by atoms with E-state index in [0.717, 1.165) is 32.2 Å². The summed E-state index contributed by atoms with van der Waals surface area (Å²) in [4.78, 5) is 14.2. The summed E-state index contributed by atoms with van der Waals surface area (Å²) in [6.45, 7) is 0.849. The summed E-state index contributed by atoms with van der Waals surface area (Å²) in [5.41, 5.74) is -0.687. The SMILES string of the molecule is CN(CC1CCCC1)C(=O)C1(C#N)CCCC1. The maximum absolute atomic E-state index is 12.4. The highest BCUT2D eigenvalue weighted by Crippen LogP contribution is 2.39. The molecule has 2 aliphatic carbocycles. The van der Waals surface area contributed by atoms with Gasteiger partial charge in [0.25, 0.3) is 0 Å². The molecule has 1 amide bonds. The van der Waals surface area contributed by atoms with Gasteiger partial charge < -0.3 is 4.90 Å². The maximum atomic E-state index is 12.4. The average Bonchev–Trinajstić information content (AvgIpc) is 2.99. The second kappa shape index (κ2) is 5.08. The lowest BCUT2D eigenvalue weighted by atomic mass is 9.86. The summed E-state index contributed by atoms with van der Waals surface area (Å²) in [7, 11) is 1.87. The minimum atomic E-state index is -0.687. The van der Waals surface area contributed by atoms with E-state index in [2.05, 4.69) is 6.07 Å². The van der Waals surface area contributed by atoms with Gasteiger partial charge in [0.1, 0.15) is 5.41 Å². The molecule has 2 rings (SSSR count). The van der Waals surface area contributed by atoms with Gasteiger partial charge in [0.05, 0.1) is 6.07 Å². The Balaban J connectivity index is 1.96. The Morgan fingerprint density at radius 1 is 1.29 bits per heavy atom. The first-order valence-corrected chi connectivity index (χ1v) is 6.85. The van der Waals surface area contributed by atoms with E-state index in [1.54, 1.807) is 0 Å². The molecule has 0 saturated heterocycles. The fraction of sp³-hybridized carbons (Fsp3) is 0.857. The summed E-state index contributed by atoms with van der Waals surface area (Å²) >= 11 is 0. The van der Waals surface area contributed by atoms with Crippen LogP contribution in [0, 0.1) is 22.7 Å². The van der Waals surface area contributed by atoms with E-state index in [4.69, 9.17) is 0 Å². The van der Waals surface area contributed by atoms with Crippen molar-refractivity contribution in [1.29, 1.82) is 5.26 Å². The van der Waals surface area contributed by atoms with E-state index < -0.39 is 5.41 Å². The van der Waals surface area contributed by atoms with Crippen LogP contribution in [0.3, 0.4) is 0 Å². The van der Waals surface area contributed by atoms with Gasteiger partial charge in [0.15, 0.2) is 0 Å². The van der Waals surface area contributed by atoms with Crippen LogP contribution in [0.15, 0.2) is 0 Å². The third-order valence-electron chi connectivity index (χ3n) is 4.43. The summed E-state index contributed by atoms with van der Waals surface area (Å²) < 4.78 is 0. The standard InChI is InChI=1S/C14H22N2O/c1-16(10-12-6-2-3-7-12)13(17)14(11-15)8-4-5-9-14/h12H,2-10H2,1H3. The Kier molecular flexibility index (Phi) is 3.71. The molecule has 0 unspecified atom stereocenters. The van der Waals surface area contributed by atoms with E-state index in [0.29, 0.717) is 5.92 Å². The molecule has 94 valence electrons. The number of carbonyl (C=O) groups excluding carboxylic acids is 1. The Bertz CT molecular complexity index is 320. The predicted molar refractivity (Wildman–Crippen MR) is 66.1 cm³/mol. The second-order valence-electron chi connectivity index (χ2n) is 5.74. The largest absolute Gasteiger partial charge is 0.344 e. The van der Waals surface area contributed by atoms with Crippen LogP contribution in [-0.2, 0) is 4.79 Å². The molecule has 0 bridgehead atoms. The second-order valence-corrected chi connectivity index (χ2v) is 5.74. The van der Waals surface area contributed by atoms with Crippen molar-refractivity contribution in [2.24, 2.45) is 11.3 Å². The fourth-order valence-corrected chi connectivity index (χ4v) is 3.38. The van der Waals surface area contributed by atoms with Gasteiger partial charge in [-0.1, -0.05) is 25.7 Å². The predicted octanol–water partition coefficient (Wildman–Crippen LogP) is 2.72. The number of hydrogen-bond acceptors (Lipinski definition) is 2. The number of amides is 1. The highest BCUT2D eigenvalue weighted by molar-refractivity contribution is 5.85. The van der Waals surface area contributed by atoms with Gasteiger partial charge in [-0.15, -0.1) is 0 Å². The Morgan fingerprint density at radius 3 is 2.41 bits per heavy atom. The van der Waals surface area contributed by atoms with Crippen molar-refractivity contribution >= 4 is 5.91 Å². The van der Waals surface area contributed by atoms with Crippen LogP contribution in [0.5, 0.6) is 0 Å². The van der Waals surface area contributed by atoms with Crippen LogP contribution in [0.1, 0.15) is 51.4 Å². The Morgan fingerprint density at radius 2 is 1.88 bits per heavy atom. The molecule has 0 atom stereocenters. The van der Waals surface area contributed by atoms with Crippen LogP contribution in [0.25, 0.3) is 0 Å². The molecule has 0 spiro atoms. The zero-order chi connectivity index (χ0) is 12.3. The molecule has 0 radical (unpaired) electrons. The zero-order valence-electron chi connectivity index (χ0n) is 10.7. The van der Waals surface area contributed by atoms with Crippen molar-refractivity contribution < 1.29 is 4.79 Å². The van der Waals surface area contributed by atoms with Gasteiger partial charge in [-0.05, 0) is 31.6 Å². The smallest absolute Gasteiger partial charge is 0.242 e. The van der Waals surface area contributed by atoms with Crippen LogP contribution in [0.2, 0.25) is 0 Å². The minimum absolute atomic E-state index is 0.0735. The van der Waals surface area contributed by atoms with Crippen molar-refractivity contribution in [2.45, 2.75) is 51.4 Å². The molecular formula is C14H22N2O. The Hall–Kier alpha value is -1.04. The first kappa shape index (κ1) is 12.4. The molecule has 2 fully saturated rings. The molecule has 0 aromatic rings. The quantitative estimate of drug-likeness (QED) is 0.753. The molecule has 0 aromatic carbocycles. The summed E-state index contributed by atoms with van der Waals surface area (Å²) in [5, 5.41) is 9.30. The lowest BCUT2D eigenvalue weighted by Gasteiger charge is -2.28. The highest BCUT2D eigenvalue weighted by Gasteiger charge is 2.43. The van der Waals surface area contributed by atoms with Gasteiger partial charge in [-0.3, -0.25) is 4.79 Å². The number of nitrogens with zero attached hydrogens (tertiary/aromatic N) is 2. The minimum Gasteiger partial charge on any atom is -0.344 e. The van der Waals surface area contributed by atoms with Gasteiger partial charge in [-0.25, -0.2) is 0 Å². The molecule has 2 saturated carbocycles. The zero-order valence-corrected chi connectivity index (χ0v) is 10.7. The summed E-state index contributed by atoms with van der Waals surface area (Å²) in [6.07, 6.45) is 8.67. The third kappa shape index (κ3) is 2.46. The van der Waals surface area contributed by atoms with Crippen LogP contribution in [-0.4, -0.2) is 24.4 Å². The first-order chi connectivity index (χ1) is 8.18. The monoisotopic (exact) mass is 234 g/mol. The van der Waals surface area contributed by atoms with Crippen LogP contribution >= 0.6 is 0 Å². The van der Waals surface area contributed by atoms with Gasteiger partial charge in [0.2, 0.25) is 5.91 Å². The lowest BCUT2D eigenvalue weighted by molar-refractivity contribution is -0.138. The van der Waals surface area contributed by atoms with Crippen molar-refractivity contribution in [3.8, 4) is 6.07 Å². The number of rotatable bonds is 3. The molecule has 2 aliphatic rings. The average molecular weight is 234 g/mol. The fourth-order valence-electron chi connectivity index (χ4n) is 3.38. The Labute approximate surface area is 104 Å². The van der Waals surface area contributed by atoms with E-state index in [9.17, 15) is 10.1 Å². The van der Waals surface area contributed by atoms with E-state index in [-0.39, 0.29) is 5.91 Å².